The van der Waals surface area contributed by atoms with Gasteiger partial charge in [0.1, 0.15) is 0 Å². The third-order valence-corrected chi connectivity index (χ3v) is 1.57. The molecule has 1 unspecified atom stereocenters. The summed E-state index contributed by atoms with van der Waals surface area (Å²) in [4.78, 5) is 11.1. The lowest BCUT2D eigenvalue weighted by Crippen LogP contribution is -2.34. The van der Waals surface area contributed by atoms with Crippen molar-refractivity contribution in [2.75, 3.05) is 13.1 Å². The van der Waals surface area contributed by atoms with Crippen molar-refractivity contribution in [1.29, 1.82) is 0 Å². The van der Waals surface area contributed by atoms with Crippen LogP contribution in [0, 0.1) is 5.92 Å². The minimum atomic E-state index is -0.0463. The molecule has 3 N–H and O–H groups in total. The predicted octanol–water partition coefficient (Wildman–Crippen LogP) is 0.273. The summed E-state index contributed by atoms with van der Waals surface area (Å²) < 4.78 is 0. The van der Waals surface area contributed by atoms with Crippen LogP contribution in [-0.4, -0.2) is 19.0 Å². The minimum absolute atomic E-state index is 0.0231. The van der Waals surface area contributed by atoms with Crippen LogP contribution in [0.1, 0.15) is 13.3 Å². The van der Waals surface area contributed by atoms with Crippen LogP contribution < -0.4 is 11.1 Å². The second-order valence-electron chi connectivity index (χ2n) is 2.37. The number of rotatable bonds is 5. The van der Waals surface area contributed by atoms with Crippen LogP contribution in [0.25, 0.3) is 0 Å². The molecule has 0 radical (unpaired) electrons. The largest absolute Gasteiger partial charge is 0.352 e. The van der Waals surface area contributed by atoms with Gasteiger partial charge in [0.15, 0.2) is 0 Å². The van der Waals surface area contributed by atoms with E-state index < -0.39 is 0 Å². The Morgan fingerprint density at radius 3 is 2.82 bits per heavy atom. The molecule has 0 saturated carbocycles. The van der Waals surface area contributed by atoms with Crippen LogP contribution >= 0.6 is 0 Å². The highest BCUT2D eigenvalue weighted by atomic mass is 16.1. The lowest BCUT2D eigenvalue weighted by Gasteiger charge is -2.10. The number of hydrogen-bond acceptors (Lipinski definition) is 2. The summed E-state index contributed by atoms with van der Waals surface area (Å²) in [5, 5.41) is 2.70. The molecule has 3 nitrogen and oxygen atoms in total. The van der Waals surface area contributed by atoms with E-state index in [1.54, 1.807) is 6.08 Å². The normalized spacial score (nSPS) is 12.2. The first kappa shape index (κ1) is 10.2. The van der Waals surface area contributed by atoms with Gasteiger partial charge in [-0.25, -0.2) is 0 Å². The summed E-state index contributed by atoms with van der Waals surface area (Å²) >= 11 is 0. The van der Waals surface area contributed by atoms with Crippen LogP contribution in [0.15, 0.2) is 12.7 Å². The fraction of sp³-hybridized carbons (Fsp3) is 0.625. The molecule has 64 valence electrons. The summed E-state index contributed by atoms with van der Waals surface area (Å²) in [7, 11) is 0. The molecule has 0 aromatic rings. The Bertz CT molecular complexity index is 130. The summed E-state index contributed by atoms with van der Waals surface area (Å²) in [6.07, 6.45) is 2.45. The number of nitrogens with one attached hydrogen (secondary N) is 1. The summed E-state index contributed by atoms with van der Waals surface area (Å²) in [6, 6.07) is 0. The van der Waals surface area contributed by atoms with Gasteiger partial charge in [-0.3, -0.25) is 4.79 Å². The molecule has 0 heterocycles. The van der Waals surface area contributed by atoms with Gasteiger partial charge in [0.05, 0.1) is 0 Å². The van der Waals surface area contributed by atoms with Crippen molar-refractivity contribution in [3.8, 4) is 0 Å². The molecular weight excluding hydrogens is 140 g/mol. The Morgan fingerprint density at radius 1 is 1.82 bits per heavy atom. The van der Waals surface area contributed by atoms with E-state index in [9.17, 15) is 4.79 Å². The third-order valence-electron chi connectivity index (χ3n) is 1.57. The van der Waals surface area contributed by atoms with E-state index in [0.717, 1.165) is 6.42 Å². The highest BCUT2D eigenvalue weighted by Crippen LogP contribution is 1.98. The smallest absolute Gasteiger partial charge is 0.224 e. The Hall–Kier alpha value is -0.830. The number of nitrogens with two attached hydrogens (primary N) is 1. The molecule has 0 aromatic carbocycles. The minimum Gasteiger partial charge on any atom is -0.352 e. The Kier molecular flexibility index (Phi) is 5.47. The van der Waals surface area contributed by atoms with Crippen LogP contribution in [0.5, 0.6) is 0 Å². The maximum absolute atomic E-state index is 11.1. The molecule has 1 amide bonds. The maximum atomic E-state index is 11.1. The van der Waals surface area contributed by atoms with Crippen LogP contribution in [-0.2, 0) is 4.79 Å². The van der Waals surface area contributed by atoms with E-state index in [2.05, 4.69) is 11.9 Å². The fourth-order valence-electron chi connectivity index (χ4n) is 0.776. The van der Waals surface area contributed by atoms with E-state index in [-0.39, 0.29) is 11.8 Å². The third kappa shape index (κ3) is 3.78. The molecule has 0 rings (SSSR count). The highest BCUT2D eigenvalue weighted by Gasteiger charge is 2.12. The van der Waals surface area contributed by atoms with Crippen molar-refractivity contribution in [3.63, 3.8) is 0 Å². The zero-order valence-corrected chi connectivity index (χ0v) is 6.97. The standard InChI is InChI=1S/C8H16N2O/c1-3-5-10-8(11)7(4-2)6-9/h3,7H,1,4-6,9H2,2H3,(H,10,11). The molecule has 0 aromatic heterocycles. The van der Waals surface area contributed by atoms with Crippen molar-refractivity contribution in [3.05, 3.63) is 12.7 Å². The maximum Gasteiger partial charge on any atom is 0.224 e. The number of carbonyl (C=O) groups excluding carboxylic acids is 1. The second-order valence-corrected chi connectivity index (χ2v) is 2.37. The van der Waals surface area contributed by atoms with Gasteiger partial charge in [0, 0.05) is 19.0 Å². The molecule has 1 atom stereocenters. The molecule has 0 fully saturated rings. The van der Waals surface area contributed by atoms with Crippen LogP contribution in [0.4, 0.5) is 0 Å². The van der Waals surface area contributed by atoms with Gasteiger partial charge in [-0.15, -0.1) is 6.58 Å². The first-order valence-electron chi connectivity index (χ1n) is 3.84. The van der Waals surface area contributed by atoms with Gasteiger partial charge in [0.2, 0.25) is 5.91 Å². The summed E-state index contributed by atoms with van der Waals surface area (Å²) in [5.74, 6) is -0.0233. The molecular formula is C8H16N2O. The topological polar surface area (TPSA) is 55.1 Å². The van der Waals surface area contributed by atoms with Gasteiger partial charge in [-0.05, 0) is 6.42 Å². The Balaban J connectivity index is 3.69. The first-order chi connectivity index (χ1) is 5.26. The quantitative estimate of drug-likeness (QED) is 0.561. The van der Waals surface area contributed by atoms with E-state index in [0.29, 0.717) is 13.1 Å². The molecule has 11 heavy (non-hydrogen) atoms. The van der Waals surface area contributed by atoms with Crippen molar-refractivity contribution < 1.29 is 4.79 Å². The predicted molar refractivity (Wildman–Crippen MR) is 46.0 cm³/mol. The highest BCUT2D eigenvalue weighted by molar-refractivity contribution is 5.78. The van der Waals surface area contributed by atoms with Gasteiger partial charge in [-0.2, -0.15) is 0 Å². The average Bonchev–Trinajstić information content (AvgIpc) is 2.03. The van der Waals surface area contributed by atoms with E-state index in [1.165, 1.54) is 0 Å². The molecule has 0 bridgehead atoms. The first-order valence-corrected chi connectivity index (χ1v) is 3.84. The number of carbonyl (C=O) groups is 1. The van der Waals surface area contributed by atoms with Gasteiger partial charge < -0.3 is 11.1 Å². The van der Waals surface area contributed by atoms with Crippen molar-refractivity contribution in [2.45, 2.75) is 13.3 Å². The van der Waals surface area contributed by atoms with E-state index in [1.807, 2.05) is 6.92 Å². The monoisotopic (exact) mass is 156 g/mol. The number of hydrogen-bond donors (Lipinski definition) is 2. The van der Waals surface area contributed by atoms with Gasteiger partial charge in [-0.1, -0.05) is 13.0 Å². The molecule has 0 spiro atoms. The van der Waals surface area contributed by atoms with Gasteiger partial charge in [0.25, 0.3) is 0 Å². The van der Waals surface area contributed by atoms with E-state index >= 15 is 0 Å². The van der Waals surface area contributed by atoms with Crippen molar-refractivity contribution >= 4 is 5.91 Å². The zero-order chi connectivity index (χ0) is 8.69. The molecule has 0 aliphatic carbocycles. The molecule has 0 aliphatic heterocycles. The van der Waals surface area contributed by atoms with Crippen LogP contribution in [0.3, 0.4) is 0 Å². The zero-order valence-electron chi connectivity index (χ0n) is 6.97. The van der Waals surface area contributed by atoms with Crippen LogP contribution in [0.2, 0.25) is 0 Å². The summed E-state index contributed by atoms with van der Waals surface area (Å²) in [5.41, 5.74) is 5.37. The number of amides is 1. The van der Waals surface area contributed by atoms with Crippen molar-refractivity contribution in [2.24, 2.45) is 11.7 Å². The summed E-state index contributed by atoms with van der Waals surface area (Å²) in [6.45, 7) is 6.39. The van der Waals surface area contributed by atoms with Crippen molar-refractivity contribution in [1.82, 2.24) is 5.32 Å². The molecule has 3 heteroatoms. The SMILES string of the molecule is C=CCNC(=O)C(CC)CN. The lowest BCUT2D eigenvalue weighted by molar-refractivity contribution is -0.124. The molecule has 0 aliphatic rings. The van der Waals surface area contributed by atoms with Gasteiger partial charge >= 0.3 is 0 Å². The fourth-order valence-corrected chi connectivity index (χ4v) is 0.776. The van der Waals surface area contributed by atoms with E-state index in [4.69, 9.17) is 5.73 Å². The average molecular weight is 156 g/mol. The second kappa shape index (κ2) is 5.92. The molecule has 0 saturated heterocycles. The lowest BCUT2D eigenvalue weighted by atomic mass is 10.1. The Labute approximate surface area is 67.7 Å². The Morgan fingerprint density at radius 2 is 2.45 bits per heavy atom.